The van der Waals surface area contributed by atoms with Gasteiger partial charge < -0.3 is 14.8 Å². The monoisotopic (exact) mass is 394 g/mol. The molecule has 0 saturated heterocycles. The lowest BCUT2D eigenvalue weighted by Gasteiger charge is -2.17. The molecular formula is C22H26N4O3. The predicted octanol–water partition coefficient (Wildman–Crippen LogP) is 3.42. The average Bonchev–Trinajstić information content (AvgIpc) is 3.50. The van der Waals surface area contributed by atoms with Crippen LogP contribution < -0.4 is 14.8 Å². The molecule has 0 aliphatic heterocycles. The summed E-state index contributed by atoms with van der Waals surface area (Å²) in [5.74, 6) is 1.51. The van der Waals surface area contributed by atoms with Crippen molar-refractivity contribution in [3.05, 3.63) is 47.2 Å². The number of methoxy groups -OCH3 is 1. The average molecular weight is 394 g/mol. The second kappa shape index (κ2) is 7.73. The number of pyridine rings is 1. The minimum absolute atomic E-state index is 0.106. The zero-order valence-corrected chi connectivity index (χ0v) is 17.2. The van der Waals surface area contributed by atoms with Crippen molar-refractivity contribution in [3.8, 4) is 11.6 Å². The van der Waals surface area contributed by atoms with Gasteiger partial charge in [-0.1, -0.05) is 18.2 Å². The summed E-state index contributed by atoms with van der Waals surface area (Å²) in [5.41, 5.74) is 3.91. The second-order valence-corrected chi connectivity index (χ2v) is 7.58. The number of aryl methyl sites for hydroxylation is 2. The summed E-state index contributed by atoms with van der Waals surface area (Å²) in [5, 5.41) is 8.70. The van der Waals surface area contributed by atoms with Crippen LogP contribution in [0.2, 0.25) is 0 Å². The summed E-state index contributed by atoms with van der Waals surface area (Å²) in [6.07, 6.45) is 2.38. The fourth-order valence-corrected chi connectivity index (χ4v) is 3.68. The van der Waals surface area contributed by atoms with Crippen molar-refractivity contribution in [3.63, 3.8) is 0 Å². The van der Waals surface area contributed by atoms with Crippen molar-refractivity contribution in [2.75, 3.05) is 13.7 Å². The van der Waals surface area contributed by atoms with Gasteiger partial charge in [0, 0.05) is 30.0 Å². The smallest absolute Gasteiger partial charge is 0.258 e. The Morgan fingerprint density at radius 3 is 2.83 bits per heavy atom. The Kier molecular flexibility index (Phi) is 5.13. The van der Waals surface area contributed by atoms with Crippen LogP contribution in [-0.4, -0.2) is 34.4 Å². The van der Waals surface area contributed by atoms with E-state index in [4.69, 9.17) is 9.47 Å². The van der Waals surface area contributed by atoms with Crippen LogP contribution in [0.5, 0.6) is 11.6 Å². The molecule has 152 valence electrons. The highest BCUT2D eigenvalue weighted by Gasteiger charge is 2.30. The predicted molar refractivity (Wildman–Crippen MR) is 110 cm³/mol. The molecule has 1 unspecified atom stereocenters. The van der Waals surface area contributed by atoms with E-state index in [2.05, 4.69) is 15.4 Å². The van der Waals surface area contributed by atoms with Crippen LogP contribution in [-0.2, 0) is 11.8 Å². The highest BCUT2D eigenvalue weighted by atomic mass is 16.5. The lowest BCUT2D eigenvalue weighted by molar-refractivity contribution is -0.123. The first-order valence-electron chi connectivity index (χ1n) is 9.87. The van der Waals surface area contributed by atoms with Crippen molar-refractivity contribution in [1.82, 2.24) is 20.1 Å². The number of ether oxygens (including phenoxy) is 2. The molecule has 29 heavy (non-hydrogen) atoms. The lowest BCUT2D eigenvalue weighted by atomic mass is 10.1. The Bertz CT molecular complexity index is 1060. The molecule has 7 heteroatoms. The van der Waals surface area contributed by atoms with Gasteiger partial charge in [-0.15, -0.1) is 0 Å². The summed E-state index contributed by atoms with van der Waals surface area (Å²) >= 11 is 0. The summed E-state index contributed by atoms with van der Waals surface area (Å²) in [4.78, 5) is 17.0. The first kappa shape index (κ1) is 19.2. The van der Waals surface area contributed by atoms with E-state index in [-0.39, 0.29) is 18.6 Å². The molecule has 1 saturated carbocycles. The van der Waals surface area contributed by atoms with Crippen LogP contribution in [0.1, 0.15) is 48.5 Å². The number of nitrogens with one attached hydrogen (secondary N) is 1. The molecule has 1 aliphatic rings. The van der Waals surface area contributed by atoms with Crippen LogP contribution in [0.25, 0.3) is 11.0 Å². The summed E-state index contributed by atoms with van der Waals surface area (Å²) in [6.45, 7) is 3.85. The molecule has 1 atom stereocenters. The number of para-hydroxylation sites is 1. The molecule has 2 aromatic heterocycles. The molecule has 0 spiro atoms. The molecule has 1 fully saturated rings. The third-order valence-electron chi connectivity index (χ3n) is 5.29. The van der Waals surface area contributed by atoms with Crippen molar-refractivity contribution in [2.24, 2.45) is 7.05 Å². The van der Waals surface area contributed by atoms with Crippen LogP contribution in [0.3, 0.4) is 0 Å². The summed E-state index contributed by atoms with van der Waals surface area (Å²) in [6, 6.07) is 9.31. The Morgan fingerprint density at radius 1 is 1.34 bits per heavy atom. The highest BCUT2D eigenvalue weighted by Crippen LogP contribution is 2.43. The molecule has 1 aliphatic carbocycles. The van der Waals surface area contributed by atoms with E-state index in [9.17, 15) is 4.79 Å². The van der Waals surface area contributed by atoms with Gasteiger partial charge in [-0.3, -0.25) is 9.48 Å². The molecule has 3 aromatic rings. The first-order chi connectivity index (χ1) is 14.0. The minimum Gasteiger partial charge on any atom is -0.496 e. The molecule has 4 rings (SSSR count). The van der Waals surface area contributed by atoms with Gasteiger partial charge in [0.1, 0.15) is 5.75 Å². The third kappa shape index (κ3) is 3.90. The Balaban J connectivity index is 1.44. The summed E-state index contributed by atoms with van der Waals surface area (Å²) in [7, 11) is 3.51. The van der Waals surface area contributed by atoms with E-state index in [1.807, 2.05) is 51.2 Å². The number of hydrogen-bond donors (Lipinski definition) is 1. The maximum absolute atomic E-state index is 12.4. The maximum Gasteiger partial charge on any atom is 0.258 e. The fourth-order valence-electron chi connectivity index (χ4n) is 3.68. The normalized spacial score (nSPS) is 14.6. The van der Waals surface area contributed by atoms with Crippen LogP contribution in [0.4, 0.5) is 0 Å². The Morgan fingerprint density at radius 2 is 2.10 bits per heavy atom. The van der Waals surface area contributed by atoms with Crippen LogP contribution in [0, 0.1) is 6.92 Å². The molecule has 0 bridgehead atoms. The van der Waals surface area contributed by atoms with E-state index in [1.54, 1.807) is 11.8 Å². The standard InChI is InChI=1S/C22H26N4O3/c1-13-11-19(24-22-20(13)21(15-9-10-15)25-26(22)3)29-12-18(27)23-14(2)16-7-5-6-8-17(16)28-4/h5-8,11,14-15H,9-10,12H2,1-4H3,(H,23,27). The van der Waals surface area contributed by atoms with Gasteiger partial charge in [0.05, 0.1) is 18.8 Å². The van der Waals surface area contributed by atoms with E-state index in [1.165, 1.54) is 12.8 Å². The Labute approximate surface area is 170 Å². The largest absolute Gasteiger partial charge is 0.496 e. The first-order valence-corrected chi connectivity index (χ1v) is 9.87. The molecule has 0 radical (unpaired) electrons. The number of fused-ring (bicyclic) bond motifs is 1. The number of benzene rings is 1. The number of hydrogen-bond acceptors (Lipinski definition) is 5. The van der Waals surface area contributed by atoms with Crippen molar-refractivity contribution >= 4 is 16.9 Å². The SMILES string of the molecule is COc1ccccc1C(C)NC(=O)COc1cc(C)c2c(C3CC3)nn(C)c2n1. The van der Waals surface area contributed by atoms with Crippen molar-refractivity contribution in [2.45, 2.75) is 38.6 Å². The zero-order chi connectivity index (χ0) is 20.5. The fraction of sp³-hybridized carbons (Fsp3) is 0.409. The molecule has 1 aromatic carbocycles. The number of rotatable bonds is 7. The van der Waals surface area contributed by atoms with E-state index in [0.29, 0.717) is 11.8 Å². The number of aromatic nitrogens is 3. The Hall–Kier alpha value is -3.09. The van der Waals surface area contributed by atoms with Gasteiger partial charge >= 0.3 is 0 Å². The number of nitrogens with zero attached hydrogens (tertiary/aromatic N) is 3. The topological polar surface area (TPSA) is 78.3 Å². The minimum atomic E-state index is -0.216. The number of amides is 1. The van der Waals surface area contributed by atoms with Gasteiger partial charge in [-0.2, -0.15) is 10.1 Å². The summed E-state index contributed by atoms with van der Waals surface area (Å²) < 4.78 is 12.9. The van der Waals surface area contributed by atoms with Crippen LogP contribution in [0.15, 0.2) is 30.3 Å². The van der Waals surface area contributed by atoms with Crippen molar-refractivity contribution < 1.29 is 14.3 Å². The quantitative estimate of drug-likeness (QED) is 0.664. The van der Waals surface area contributed by atoms with E-state index < -0.39 is 0 Å². The maximum atomic E-state index is 12.4. The van der Waals surface area contributed by atoms with Crippen LogP contribution >= 0.6 is 0 Å². The molecule has 1 amide bonds. The third-order valence-corrected chi connectivity index (χ3v) is 5.29. The zero-order valence-electron chi connectivity index (χ0n) is 17.2. The molecular weight excluding hydrogens is 368 g/mol. The molecule has 1 N–H and O–H groups in total. The highest BCUT2D eigenvalue weighted by molar-refractivity contribution is 5.84. The van der Waals surface area contributed by atoms with E-state index >= 15 is 0 Å². The van der Waals surface area contributed by atoms with E-state index in [0.717, 1.165) is 33.6 Å². The lowest BCUT2D eigenvalue weighted by Crippen LogP contribution is -2.31. The van der Waals surface area contributed by atoms with Gasteiger partial charge in [0.15, 0.2) is 12.3 Å². The molecule has 2 heterocycles. The number of carbonyl (C=O) groups is 1. The van der Waals surface area contributed by atoms with Crippen molar-refractivity contribution in [1.29, 1.82) is 0 Å². The number of carbonyl (C=O) groups excluding carboxylic acids is 1. The molecule has 7 nitrogen and oxygen atoms in total. The van der Waals surface area contributed by atoms with Gasteiger partial charge in [-0.05, 0) is 38.3 Å². The second-order valence-electron chi connectivity index (χ2n) is 7.58. The van der Waals surface area contributed by atoms with Gasteiger partial charge in [0.2, 0.25) is 5.88 Å². The van der Waals surface area contributed by atoms with Gasteiger partial charge in [0.25, 0.3) is 5.91 Å². The van der Waals surface area contributed by atoms with Gasteiger partial charge in [-0.25, -0.2) is 0 Å².